The van der Waals surface area contributed by atoms with Crippen LogP contribution in [-0.4, -0.2) is 73.9 Å². The topological polar surface area (TPSA) is 165 Å². The number of aromatic nitrogens is 4. The first-order chi connectivity index (χ1) is 26.2. The number of ether oxygens (including phenoxy) is 4. The van der Waals surface area contributed by atoms with Gasteiger partial charge in [-0.15, -0.1) is 0 Å². The molecule has 0 saturated carbocycles. The Morgan fingerprint density at radius 3 is 2.00 bits per heavy atom. The molecule has 7 rings (SSSR count). The number of nitrogens with one attached hydrogen (secondary N) is 2. The summed E-state index contributed by atoms with van der Waals surface area (Å²) in [5.74, 6) is 1.20. The number of fused-ring (bicyclic) bond motifs is 1. The van der Waals surface area contributed by atoms with Crippen molar-refractivity contribution in [3.63, 3.8) is 0 Å². The van der Waals surface area contributed by atoms with Crippen LogP contribution < -0.4 is 19.5 Å². The smallest absolute Gasteiger partial charge is 0.335 e. The number of rotatable bonds is 14. The summed E-state index contributed by atoms with van der Waals surface area (Å²) in [7, 11) is 0.135. The monoisotopic (exact) mass is 750 g/mol. The zero-order chi connectivity index (χ0) is 37.7. The van der Waals surface area contributed by atoms with Crippen LogP contribution in [0.1, 0.15) is 39.7 Å². The first kappa shape index (κ1) is 36.6. The molecule has 1 fully saturated rings. The van der Waals surface area contributed by atoms with Crippen LogP contribution in [0.4, 0.5) is 5.82 Å². The van der Waals surface area contributed by atoms with Crippen molar-refractivity contribution < 1.29 is 36.3 Å². The van der Waals surface area contributed by atoms with Crippen LogP contribution in [0.5, 0.6) is 11.5 Å². The SMILES string of the molecule is COc1ccc(C(OC[C@H]2OC(n3cnc4c(NC(=O)c5ccccc5)ncnc43)C[C@@H]2NS(=O)(=O)OC)(c2ccccc2)c2ccc(OC)cc2)cc1. The third kappa shape index (κ3) is 7.40. The number of nitrogens with zero attached hydrogens (tertiary/aromatic N) is 4. The maximum Gasteiger partial charge on any atom is 0.335 e. The van der Waals surface area contributed by atoms with Gasteiger partial charge in [-0.1, -0.05) is 72.8 Å². The molecule has 3 heterocycles. The summed E-state index contributed by atoms with van der Waals surface area (Å²) in [6.45, 7) is -0.0691. The molecule has 1 amide bonds. The summed E-state index contributed by atoms with van der Waals surface area (Å²) < 4.78 is 59.4. The van der Waals surface area contributed by atoms with Crippen LogP contribution in [0.2, 0.25) is 0 Å². The zero-order valence-corrected chi connectivity index (χ0v) is 30.5. The van der Waals surface area contributed by atoms with Gasteiger partial charge in [-0.3, -0.25) is 13.5 Å². The number of amides is 1. The van der Waals surface area contributed by atoms with E-state index in [2.05, 4.69) is 25.0 Å². The van der Waals surface area contributed by atoms with Crippen molar-refractivity contribution >= 4 is 33.2 Å². The highest BCUT2D eigenvalue weighted by molar-refractivity contribution is 7.84. The lowest BCUT2D eigenvalue weighted by atomic mass is 9.80. The Hall–Kier alpha value is -5.71. The number of hydrogen-bond donors (Lipinski definition) is 2. The number of carbonyl (C=O) groups excluding carboxylic acids is 1. The van der Waals surface area contributed by atoms with E-state index in [1.54, 1.807) is 43.1 Å². The van der Waals surface area contributed by atoms with Gasteiger partial charge in [0, 0.05) is 12.0 Å². The molecule has 1 unspecified atom stereocenters. The van der Waals surface area contributed by atoms with Gasteiger partial charge in [0.05, 0.1) is 40.3 Å². The van der Waals surface area contributed by atoms with Crippen LogP contribution in [0.25, 0.3) is 11.2 Å². The number of carbonyl (C=O) groups is 1. The molecular weight excluding hydrogens is 713 g/mol. The van der Waals surface area contributed by atoms with E-state index < -0.39 is 34.3 Å². The van der Waals surface area contributed by atoms with Crippen LogP contribution >= 0.6 is 0 Å². The molecule has 15 heteroatoms. The van der Waals surface area contributed by atoms with Gasteiger partial charge >= 0.3 is 10.3 Å². The molecule has 54 heavy (non-hydrogen) atoms. The lowest BCUT2D eigenvalue weighted by Gasteiger charge is -2.37. The van der Waals surface area contributed by atoms with E-state index in [4.69, 9.17) is 23.1 Å². The fourth-order valence-corrected chi connectivity index (χ4v) is 7.33. The zero-order valence-electron chi connectivity index (χ0n) is 29.7. The average molecular weight is 751 g/mol. The second kappa shape index (κ2) is 15.7. The van der Waals surface area contributed by atoms with E-state index in [0.717, 1.165) is 23.8 Å². The Morgan fingerprint density at radius 1 is 0.815 bits per heavy atom. The number of hydrogen-bond acceptors (Lipinski definition) is 11. The summed E-state index contributed by atoms with van der Waals surface area (Å²) in [6.07, 6.45) is 1.45. The summed E-state index contributed by atoms with van der Waals surface area (Å²) in [4.78, 5) is 26.2. The number of anilines is 1. The molecule has 0 aliphatic carbocycles. The first-order valence-corrected chi connectivity index (χ1v) is 18.4. The molecule has 0 bridgehead atoms. The standard InChI is InChI=1S/C39H38N6O8S/c1-49-30-18-14-28(15-19-30)39(27-12-8-5-9-13-27,29-16-20-31(50-2)21-17-29)52-23-33-32(44-54(47,48)51-3)22-34(53-33)45-25-42-35-36(40-24-41-37(35)45)43-38(46)26-10-6-4-7-11-26/h4-21,24-25,32-34,44H,22-23H2,1-3H3,(H,40,41,43,46)/t32-,33+,34?/m0/s1. The molecule has 2 N–H and O–H groups in total. The van der Waals surface area contributed by atoms with E-state index >= 15 is 0 Å². The van der Waals surface area contributed by atoms with Crippen molar-refractivity contribution in [2.45, 2.75) is 30.4 Å². The van der Waals surface area contributed by atoms with Crippen molar-refractivity contribution in [1.29, 1.82) is 0 Å². The molecule has 3 atom stereocenters. The Balaban J connectivity index is 1.25. The summed E-state index contributed by atoms with van der Waals surface area (Å²) in [5, 5.41) is 2.81. The van der Waals surface area contributed by atoms with E-state index in [1.807, 2.05) is 84.9 Å². The molecule has 1 saturated heterocycles. The predicted octanol–water partition coefficient (Wildman–Crippen LogP) is 5.24. The summed E-state index contributed by atoms with van der Waals surface area (Å²) in [6, 6.07) is 32.9. The minimum atomic E-state index is -4.15. The second-order valence-electron chi connectivity index (χ2n) is 12.4. The van der Waals surface area contributed by atoms with Crippen molar-refractivity contribution in [3.05, 3.63) is 144 Å². The highest BCUT2D eigenvalue weighted by Gasteiger charge is 2.44. The minimum absolute atomic E-state index is 0.0691. The Morgan fingerprint density at radius 2 is 1.41 bits per heavy atom. The van der Waals surface area contributed by atoms with E-state index in [0.29, 0.717) is 28.2 Å². The van der Waals surface area contributed by atoms with E-state index in [-0.39, 0.29) is 24.8 Å². The van der Waals surface area contributed by atoms with Crippen molar-refractivity contribution in [3.8, 4) is 11.5 Å². The molecule has 14 nitrogen and oxygen atoms in total. The van der Waals surface area contributed by atoms with Crippen LogP contribution in [-0.2, 0) is 29.6 Å². The average Bonchev–Trinajstić information content (AvgIpc) is 3.83. The molecule has 1 aliphatic rings. The molecule has 0 radical (unpaired) electrons. The second-order valence-corrected chi connectivity index (χ2v) is 13.9. The lowest BCUT2D eigenvalue weighted by molar-refractivity contribution is -0.0788. The van der Waals surface area contributed by atoms with Gasteiger partial charge in [0.2, 0.25) is 0 Å². The largest absolute Gasteiger partial charge is 0.497 e. The van der Waals surface area contributed by atoms with Crippen LogP contribution in [0.15, 0.2) is 122 Å². The molecule has 0 spiro atoms. The molecule has 278 valence electrons. The van der Waals surface area contributed by atoms with E-state index in [1.165, 1.54) is 12.7 Å². The van der Waals surface area contributed by atoms with Gasteiger partial charge in [0.25, 0.3) is 5.91 Å². The number of methoxy groups -OCH3 is 2. The van der Waals surface area contributed by atoms with Gasteiger partial charge < -0.3 is 24.3 Å². The van der Waals surface area contributed by atoms with Crippen LogP contribution in [0, 0.1) is 0 Å². The predicted molar refractivity (Wildman–Crippen MR) is 199 cm³/mol. The van der Waals surface area contributed by atoms with Crippen LogP contribution in [0.3, 0.4) is 0 Å². The Kier molecular flexibility index (Phi) is 10.7. The fraction of sp³-hybridized carbons (Fsp3) is 0.231. The fourth-order valence-electron chi connectivity index (χ4n) is 6.62. The van der Waals surface area contributed by atoms with Gasteiger partial charge in [-0.05, 0) is 53.1 Å². The van der Waals surface area contributed by atoms with E-state index in [9.17, 15) is 13.2 Å². The quantitative estimate of drug-likeness (QED) is 0.140. The van der Waals surface area contributed by atoms with Crippen molar-refractivity contribution in [2.24, 2.45) is 0 Å². The molecule has 1 aliphatic heterocycles. The number of benzene rings is 4. The highest BCUT2D eigenvalue weighted by atomic mass is 32.2. The summed E-state index contributed by atoms with van der Waals surface area (Å²) in [5.41, 5.74) is 2.40. The first-order valence-electron chi connectivity index (χ1n) is 17.0. The Bertz CT molecular complexity index is 2260. The third-order valence-corrected chi connectivity index (χ3v) is 10.4. The Labute approximate surface area is 312 Å². The van der Waals surface area contributed by atoms with Crippen molar-refractivity contribution in [2.75, 3.05) is 33.3 Å². The molecule has 4 aromatic carbocycles. The minimum Gasteiger partial charge on any atom is -0.497 e. The maximum atomic E-state index is 13.0. The highest BCUT2D eigenvalue weighted by Crippen LogP contribution is 2.43. The third-order valence-electron chi connectivity index (χ3n) is 9.33. The van der Waals surface area contributed by atoms with Gasteiger partial charge in [0.15, 0.2) is 17.0 Å². The lowest BCUT2D eigenvalue weighted by Crippen LogP contribution is -2.44. The summed E-state index contributed by atoms with van der Waals surface area (Å²) >= 11 is 0. The van der Waals surface area contributed by atoms with Gasteiger partial charge in [0.1, 0.15) is 35.8 Å². The number of imidazole rings is 1. The normalized spacial score (nSPS) is 17.4. The maximum absolute atomic E-state index is 13.0. The van der Waals surface area contributed by atoms with Gasteiger partial charge in [-0.25, -0.2) is 15.0 Å². The van der Waals surface area contributed by atoms with Crippen molar-refractivity contribution in [1.82, 2.24) is 24.2 Å². The molecule has 2 aromatic heterocycles. The molecular formula is C39H38N6O8S. The molecule has 6 aromatic rings. The van der Waals surface area contributed by atoms with Gasteiger partial charge in [-0.2, -0.15) is 13.1 Å².